The number of aryl methyl sites for hydroxylation is 1. The fourth-order valence-electron chi connectivity index (χ4n) is 3.30. The van der Waals surface area contributed by atoms with Crippen LogP contribution in [0.25, 0.3) is 0 Å². The zero-order chi connectivity index (χ0) is 19.1. The van der Waals surface area contributed by atoms with Gasteiger partial charge in [0.05, 0.1) is 12.2 Å². The summed E-state index contributed by atoms with van der Waals surface area (Å²) in [5.41, 5.74) is 3.04. The van der Waals surface area contributed by atoms with Crippen molar-refractivity contribution in [2.75, 3.05) is 43.6 Å². The van der Waals surface area contributed by atoms with E-state index in [4.69, 9.17) is 4.74 Å². The summed E-state index contributed by atoms with van der Waals surface area (Å²) in [5, 5.41) is 6.44. The minimum Gasteiger partial charge on any atom is -0.383 e. The first-order chi connectivity index (χ1) is 13.2. The van der Waals surface area contributed by atoms with Crippen molar-refractivity contribution in [3.05, 3.63) is 53.7 Å². The second-order valence-electron chi connectivity index (χ2n) is 6.93. The van der Waals surface area contributed by atoms with Crippen molar-refractivity contribution in [3.63, 3.8) is 0 Å². The molecule has 1 amide bonds. The van der Waals surface area contributed by atoms with Gasteiger partial charge in [-0.15, -0.1) is 0 Å². The maximum atomic E-state index is 12.0. The smallest absolute Gasteiger partial charge is 0.252 e. The third kappa shape index (κ3) is 5.44. The molecule has 0 unspecified atom stereocenters. The third-order valence-corrected chi connectivity index (χ3v) is 4.81. The number of anilines is 2. The molecule has 1 aromatic heterocycles. The van der Waals surface area contributed by atoms with Crippen molar-refractivity contribution in [2.24, 2.45) is 0 Å². The summed E-state index contributed by atoms with van der Waals surface area (Å²) >= 11 is 0. The summed E-state index contributed by atoms with van der Waals surface area (Å²) in [6.45, 7) is 5.02. The van der Waals surface area contributed by atoms with Crippen LogP contribution in [0.3, 0.4) is 0 Å². The Bertz CT molecular complexity index is 740. The highest BCUT2D eigenvalue weighted by atomic mass is 16.5. The van der Waals surface area contributed by atoms with Crippen molar-refractivity contribution in [2.45, 2.75) is 25.8 Å². The minimum atomic E-state index is -0.118. The molecule has 0 aliphatic carbocycles. The molecule has 0 bridgehead atoms. The average molecular weight is 368 g/mol. The van der Waals surface area contributed by atoms with Crippen LogP contribution in [0, 0.1) is 6.92 Å². The second-order valence-corrected chi connectivity index (χ2v) is 6.93. The molecule has 144 valence electrons. The monoisotopic (exact) mass is 368 g/mol. The molecule has 0 spiro atoms. The molecule has 1 aliphatic heterocycles. The molecule has 2 heterocycles. The Morgan fingerprint density at radius 2 is 2.07 bits per heavy atom. The number of hydrogen-bond acceptors (Lipinski definition) is 5. The van der Waals surface area contributed by atoms with E-state index in [1.165, 1.54) is 11.3 Å². The number of carbonyl (C=O) groups is 1. The van der Waals surface area contributed by atoms with E-state index >= 15 is 0 Å². The van der Waals surface area contributed by atoms with Gasteiger partial charge in [-0.25, -0.2) is 4.98 Å². The summed E-state index contributed by atoms with van der Waals surface area (Å²) in [5.74, 6) is 0.810. The Labute approximate surface area is 160 Å². The van der Waals surface area contributed by atoms with Gasteiger partial charge in [0.2, 0.25) is 0 Å². The van der Waals surface area contributed by atoms with Gasteiger partial charge in [0, 0.05) is 44.7 Å². The van der Waals surface area contributed by atoms with Crippen molar-refractivity contribution in [3.8, 4) is 0 Å². The van der Waals surface area contributed by atoms with Crippen LogP contribution in [0.5, 0.6) is 0 Å². The van der Waals surface area contributed by atoms with Crippen molar-refractivity contribution in [1.82, 2.24) is 10.3 Å². The zero-order valence-electron chi connectivity index (χ0n) is 16.1. The molecule has 1 saturated heterocycles. The molecular formula is C21H28N4O2. The molecule has 1 aromatic carbocycles. The first-order valence-corrected chi connectivity index (χ1v) is 9.47. The zero-order valence-corrected chi connectivity index (χ0v) is 16.1. The van der Waals surface area contributed by atoms with Gasteiger partial charge in [-0.3, -0.25) is 4.79 Å². The van der Waals surface area contributed by atoms with Crippen molar-refractivity contribution in [1.29, 1.82) is 0 Å². The molecule has 1 fully saturated rings. The lowest BCUT2D eigenvalue weighted by atomic mass is 10.0. The molecule has 6 heteroatoms. The van der Waals surface area contributed by atoms with Gasteiger partial charge in [0.15, 0.2) is 0 Å². The van der Waals surface area contributed by atoms with E-state index in [0.29, 0.717) is 24.8 Å². The highest BCUT2D eigenvalue weighted by molar-refractivity contribution is 5.94. The normalized spacial score (nSPS) is 14.8. The topological polar surface area (TPSA) is 66.5 Å². The van der Waals surface area contributed by atoms with Gasteiger partial charge in [-0.05, 0) is 49.6 Å². The largest absolute Gasteiger partial charge is 0.383 e. The number of rotatable bonds is 7. The molecule has 3 rings (SSSR count). The van der Waals surface area contributed by atoms with E-state index in [-0.39, 0.29) is 5.91 Å². The van der Waals surface area contributed by atoms with Crippen LogP contribution >= 0.6 is 0 Å². The van der Waals surface area contributed by atoms with Gasteiger partial charge in [0.1, 0.15) is 5.82 Å². The number of methoxy groups -OCH3 is 1. The van der Waals surface area contributed by atoms with Crippen LogP contribution in [-0.2, 0) is 4.74 Å². The molecule has 0 saturated carbocycles. The highest BCUT2D eigenvalue weighted by Crippen LogP contribution is 2.21. The minimum absolute atomic E-state index is 0.118. The Morgan fingerprint density at radius 1 is 1.26 bits per heavy atom. The summed E-state index contributed by atoms with van der Waals surface area (Å²) in [6, 6.07) is 12.8. The van der Waals surface area contributed by atoms with E-state index < -0.39 is 0 Å². The van der Waals surface area contributed by atoms with Gasteiger partial charge < -0.3 is 20.3 Å². The van der Waals surface area contributed by atoms with Crippen molar-refractivity contribution >= 4 is 17.4 Å². The Balaban J connectivity index is 1.49. The molecule has 2 N–H and O–H groups in total. The lowest BCUT2D eigenvalue weighted by Gasteiger charge is -2.33. The third-order valence-electron chi connectivity index (χ3n) is 4.81. The number of nitrogens with one attached hydrogen (secondary N) is 2. The number of carbonyl (C=O) groups excluding carboxylic acids is 1. The van der Waals surface area contributed by atoms with Crippen LogP contribution in [0.1, 0.15) is 28.8 Å². The number of pyridine rings is 1. The standard InChI is InChI=1S/C21H28N4O2/c1-16-4-3-5-19(14-16)24-18-8-11-25(12-9-18)20-7-6-17(15-23-20)21(26)22-10-13-27-2/h3-7,14-15,18,24H,8-13H2,1-2H3,(H,22,26). The summed E-state index contributed by atoms with van der Waals surface area (Å²) in [4.78, 5) is 18.8. The van der Waals surface area contributed by atoms with E-state index in [1.54, 1.807) is 13.3 Å². The lowest BCUT2D eigenvalue weighted by Crippen LogP contribution is -2.39. The molecule has 6 nitrogen and oxygen atoms in total. The van der Waals surface area contributed by atoms with Crippen LogP contribution in [0.15, 0.2) is 42.6 Å². The molecule has 0 radical (unpaired) electrons. The second kappa shape index (κ2) is 9.37. The quantitative estimate of drug-likeness (QED) is 0.736. The van der Waals surface area contributed by atoms with Gasteiger partial charge in [0.25, 0.3) is 5.91 Å². The van der Waals surface area contributed by atoms with Crippen LogP contribution in [0.2, 0.25) is 0 Å². The molecular weight excluding hydrogens is 340 g/mol. The van der Waals surface area contributed by atoms with E-state index in [2.05, 4.69) is 51.7 Å². The van der Waals surface area contributed by atoms with Gasteiger partial charge in [-0.2, -0.15) is 0 Å². The Hall–Kier alpha value is -2.60. The Kier molecular flexibility index (Phi) is 6.65. The number of nitrogens with zero attached hydrogens (tertiary/aromatic N) is 2. The first-order valence-electron chi connectivity index (χ1n) is 9.47. The van der Waals surface area contributed by atoms with Gasteiger partial charge in [-0.1, -0.05) is 12.1 Å². The molecule has 27 heavy (non-hydrogen) atoms. The number of hydrogen-bond donors (Lipinski definition) is 2. The van der Waals surface area contributed by atoms with Crippen LogP contribution in [0.4, 0.5) is 11.5 Å². The van der Waals surface area contributed by atoms with E-state index in [9.17, 15) is 4.79 Å². The molecule has 1 aliphatic rings. The van der Waals surface area contributed by atoms with Gasteiger partial charge >= 0.3 is 0 Å². The fraction of sp³-hybridized carbons (Fsp3) is 0.429. The van der Waals surface area contributed by atoms with Crippen LogP contribution in [-0.4, -0.2) is 50.3 Å². The summed E-state index contributed by atoms with van der Waals surface area (Å²) in [7, 11) is 1.61. The number of piperidine rings is 1. The maximum Gasteiger partial charge on any atom is 0.252 e. The predicted octanol–water partition coefficient (Wildman–Crippen LogP) is 2.85. The maximum absolute atomic E-state index is 12.0. The summed E-state index contributed by atoms with van der Waals surface area (Å²) in [6.07, 6.45) is 3.78. The predicted molar refractivity (Wildman–Crippen MR) is 108 cm³/mol. The highest BCUT2D eigenvalue weighted by Gasteiger charge is 2.20. The lowest BCUT2D eigenvalue weighted by molar-refractivity contribution is 0.0937. The Morgan fingerprint density at radius 3 is 2.74 bits per heavy atom. The fourth-order valence-corrected chi connectivity index (χ4v) is 3.30. The number of benzene rings is 1. The van der Waals surface area contributed by atoms with Crippen LogP contribution < -0.4 is 15.5 Å². The average Bonchev–Trinajstić information content (AvgIpc) is 2.69. The first kappa shape index (κ1) is 19.2. The summed E-state index contributed by atoms with van der Waals surface area (Å²) < 4.78 is 4.94. The molecule has 0 atom stereocenters. The number of aromatic nitrogens is 1. The SMILES string of the molecule is COCCNC(=O)c1ccc(N2CCC(Nc3cccc(C)c3)CC2)nc1. The number of ether oxygens (including phenoxy) is 1. The van der Waals surface area contributed by atoms with Crippen molar-refractivity contribution < 1.29 is 9.53 Å². The van der Waals surface area contributed by atoms with E-state index in [0.717, 1.165) is 31.7 Å². The molecule has 2 aromatic rings. The number of amides is 1. The van der Waals surface area contributed by atoms with E-state index in [1.807, 2.05) is 12.1 Å².